The highest BCUT2D eigenvalue weighted by atomic mass is 35.5. The van der Waals surface area contributed by atoms with Gasteiger partial charge in [0.15, 0.2) is 0 Å². The number of fused-ring (bicyclic) bond motifs is 3. The summed E-state index contributed by atoms with van der Waals surface area (Å²) in [5.41, 5.74) is 3.83. The summed E-state index contributed by atoms with van der Waals surface area (Å²) in [4.78, 5) is 14.8. The SMILES string of the molecule is CCC(C)C(C)C(=O)N1Cc2cn[nH]c2-c2cc(Cl)ccc21. The summed E-state index contributed by atoms with van der Waals surface area (Å²) < 4.78 is 0. The second kappa shape index (κ2) is 5.76. The van der Waals surface area contributed by atoms with Gasteiger partial charge < -0.3 is 4.90 Å². The number of carbonyl (C=O) groups excluding carboxylic acids is 1. The minimum atomic E-state index is -0.0121. The highest BCUT2D eigenvalue weighted by molar-refractivity contribution is 6.31. The van der Waals surface area contributed by atoms with Crippen LogP contribution in [0.15, 0.2) is 24.4 Å². The Labute approximate surface area is 135 Å². The van der Waals surface area contributed by atoms with E-state index in [0.717, 1.165) is 28.9 Å². The number of aromatic amines is 1. The lowest BCUT2D eigenvalue weighted by molar-refractivity contribution is -0.123. The van der Waals surface area contributed by atoms with E-state index in [1.807, 2.05) is 30.0 Å². The maximum Gasteiger partial charge on any atom is 0.230 e. The fourth-order valence-electron chi connectivity index (χ4n) is 2.90. The van der Waals surface area contributed by atoms with Gasteiger partial charge >= 0.3 is 0 Å². The van der Waals surface area contributed by atoms with Gasteiger partial charge in [-0.25, -0.2) is 0 Å². The van der Waals surface area contributed by atoms with Crippen LogP contribution in [0.4, 0.5) is 5.69 Å². The molecule has 5 heteroatoms. The molecule has 1 aliphatic heterocycles. The summed E-state index contributed by atoms with van der Waals surface area (Å²) in [6.45, 7) is 6.81. The standard InChI is InChI=1S/C17H20ClN3O/c1-4-10(2)11(3)17(22)21-9-12-8-19-20-16(12)14-7-13(18)5-6-15(14)21/h5-8,10-11H,4,9H2,1-3H3,(H,19,20). The minimum absolute atomic E-state index is 0.0121. The topological polar surface area (TPSA) is 49.0 Å². The molecule has 0 fully saturated rings. The number of hydrogen-bond acceptors (Lipinski definition) is 2. The molecule has 0 spiro atoms. The molecule has 0 radical (unpaired) electrons. The van der Waals surface area contributed by atoms with Crippen LogP contribution in [0.5, 0.6) is 0 Å². The van der Waals surface area contributed by atoms with Crippen LogP contribution in [0.25, 0.3) is 11.3 Å². The van der Waals surface area contributed by atoms with Crippen molar-refractivity contribution in [1.29, 1.82) is 0 Å². The van der Waals surface area contributed by atoms with E-state index >= 15 is 0 Å². The molecule has 1 aliphatic rings. The fourth-order valence-corrected chi connectivity index (χ4v) is 3.08. The number of nitrogens with one attached hydrogen (secondary N) is 1. The number of H-pyrrole nitrogens is 1. The van der Waals surface area contributed by atoms with Crippen molar-refractivity contribution in [3.8, 4) is 11.3 Å². The molecule has 2 atom stereocenters. The predicted molar refractivity (Wildman–Crippen MR) is 88.8 cm³/mol. The molecule has 22 heavy (non-hydrogen) atoms. The number of carbonyl (C=O) groups is 1. The summed E-state index contributed by atoms with van der Waals surface area (Å²) in [7, 11) is 0. The van der Waals surface area contributed by atoms with E-state index in [4.69, 9.17) is 11.6 Å². The van der Waals surface area contributed by atoms with Gasteiger partial charge in [0, 0.05) is 22.1 Å². The van der Waals surface area contributed by atoms with Crippen molar-refractivity contribution in [2.24, 2.45) is 11.8 Å². The van der Waals surface area contributed by atoms with E-state index in [1.54, 1.807) is 6.20 Å². The number of rotatable bonds is 3. The van der Waals surface area contributed by atoms with Gasteiger partial charge in [0.1, 0.15) is 0 Å². The first-order valence-corrected chi connectivity index (χ1v) is 8.04. The van der Waals surface area contributed by atoms with E-state index in [2.05, 4.69) is 24.0 Å². The second-order valence-corrected chi connectivity index (χ2v) is 6.47. The number of amides is 1. The van der Waals surface area contributed by atoms with Crippen molar-refractivity contribution in [1.82, 2.24) is 10.2 Å². The molecule has 0 bridgehead atoms. The number of anilines is 1. The Bertz CT molecular complexity index is 710. The van der Waals surface area contributed by atoms with Gasteiger partial charge in [-0.15, -0.1) is 0 Å². The number of nitrogens with zero attached hydrogens (tertiary/aromatic N) is 2. The second-order valence-electron chi connectivity index (χ2n) is 6.03. The van der Waals surface area contributed by atoms with Crippen LogP contribution in [0, 0.1) is 11.8 Å². The number of hydrogen-bond donors (Lipinski definition) is 1. The Kier molecular flexibility index (Phi) is 3.96. The molecule has 3 rings (SSSR count). The van der Waals surface area contributed by atoms with Gasteiger partial charge in [0.05, 0.1) is 24.1 Å². The predicted octanol–water partition coefficient (Wildman–Crippen LogP) is 4.26. The molecule has 0 saturated heterocycles. The van der Waals surface area contributed by atoms with E-state index in [1.165, 1.54) is 0 Å². The average Bonchev–Trinajstić information content (AvgIpc) is 3.00. The zero-order valence-electron chi connectivity index (χ0n) is 13.1. The lowest BCUT2D eigenvalue weighted by Gasteiger charge is -2.32. The van der Waals surface area contributed by atoms with Crippen LogP contribution in [0.1, 0.15) is 32.8 Å². The van der Waals surface area contributed by atoms with Gasteiger partial charge in [0.2, 0.25) is 5.91 Å². The molecule has 1 amide bonds. The van der Waals surface area contributed by atoms with Crippen LogP contribution >= 0.6 is 11.6 Å². The summed E-state index contributed by atoms with van der Waals surface area (Å²) in [5.74, 6) is 0.501. The molecule has 4 nitrogen and oxygen atoms in total. The molecular formula is C17H20ClN3O. The molecule has 2 heterocycles. The van der Waals surface area contributed by atoms with Crippen molar-refractivity contribution in [2.45, 2.75) is 33.7 Å². The minimum Gasteiger partial charge on any atom is -0.307 e. The Morgan fingerprint density at radius 2 is 2.23 bits per heavy atom. The van der Waals surface area contributed by atoms with Crippen molar-refractivity contribution in [3.63, 3.8) is 0 Å². The van der Waals surface area contributed by atoms with Crippen LogP contribution in [0.2, 0.25) is 5.02 Å². The van der Waals surface area contributed by atoms with Crippen LogP contribution in [0.3, 0.4) is 0 Å². The summed E-state index contributed by atoms with van der Waals surface area (Å²) in [6.07, 6.45) is 2.78. The summed E-state index contributed by atoms with van der Waals surface area (Å²) >= 11 is 6.14. The first-order chi connectivity index (χ1) is 10.5. The van der Waals surface area contributed by atoms with E-state index in [9.17, 15) is 4.79 Å². The molecule has 1 aromatic heterocycles. The number of aromatic nitrogens is 2. The first-order valence-electron chi connectivity index (χ1n) is 7.66. The highest BCUT2D eigenvalue weighted by Crippen LogP contribution is 2.40. The van der Waals surface area contributed by atoms with Gasteiger partial charge in [-0.05, 0) is 24.1 Å². The smallest absolute Gasteiger partial charge is 0.230 e. The van der Waals surface area contributed by atoms with Crippen molar-refractivity contribution in [2.75, 3.05) is 4.90 Å². The molecule has 1 aromatic carbocycles. The van der Waals surface area contributed by atoms with Gasteiger partial charge in [-0.3, -0.25) is 9.89 Å². The maximum absolute atomic E-state index is 12.9. The fraction of sp³-hybridized carbons (Fsp3) is 0.412. The molecule has 116 valence electrons. The Balaban J connectivity index is 2.04. The highest BCUT2D eigenvalue weighted by Gasteiger charge is 2.31. The molecule has 0 aliphatic carbocycles. The van der Waals surface area contributed by atoms with Crippen LogP contribution < -0.4 is 4.90 Å². The Morgan fingerprint density at radius 1 is 1.45 bits per heavy atom. The van der Waals surface area contributed by atoms with E-state index < -0.39 is 0 Å². The van der Waals surface area contributed by atoms with Crippen molar-refractivity contribution < 1.29 is 4.79 Å². The van der Waals surface area contributed by atoms with Crippen LogP contribution in [-0.4, -0.2) is 16.1 Å². The third-order valence-electron chi connectivity index (χ3n) is 4.72. The van der Waals surface area contributed by atoms with Gasteiger partial charge in [-0.1, -0.05) is 38.8 Å². The Hall–Kier alpha value is -1.81. The monoisotopic (exact) mass is 317 g/mol. The molecule has 1 N–H and O–H groups in total. The molecule has 2 unspecified atom stereocenters. The molecule has 0 saturated carbocycles. The lowest BCUT2D eigenvalue weighted by Crippen LogP contribution is -2.38. The maximum atomic E-state index is 12.9. The summed E-state index contributed by atoms with van der Waals surface area (Å²) in [5, 5.41) is 7.79. The summed E-state index contributed by atoms with van der Waals surface area (Å²) in [6, 6.07) is 5.64. The van der Waals surface area contributed by atoms with Gasteiger partial charge in [0.25, 0.3) is 0 Å². The average molecular weight is 318 g/mol. The third-order valence-corrected chi connectivity index (χ3v) is 4.95. The van der Waals surface area contributed by atoms with E-state index in [0.29, 0.717) is 17.5 Å². The zero-order chi connectivity index (χ0) is 15.9. The molecule has 2 aromatic rings. The quantitative estimate of drug-likeness (QED) is 0.919. The largest absolute Gasteiger partial charge is 0.307 e. The zero-order valence-corrected chi connectivity index (χ0v) is 13.8. The molecular weight excluding hydrogens is 298 g/mol. The normalized spacial score (nSPS) is 15.9. The van der Waals surface area contributed by atoms with E-state index in [-0.39, 0.29) is 11.8 Å². The van der Waals surface area contributed by atoms with Crippen molar-refractivity contribution >= 4 is 23.2 Å². The third kappa shape index (κ3) is 2.41. The number of benzene rings is 1. The lowest BCUT2D eigenvalue weighted by atomic mass is 9.90. The van der Waals surface area contributed by atoms with Crippen LogP contribution in [-0.2, 0) is 11.3 Å². The number of halogens is 1. The first kappa shape index (κ1) is 15.1. The van der Waals surface area contributed by atoms with Gasteiger partial charge in [-0.2, -0.15) is 5.10 Å². The Morgan fingerprint density at radius 3 is 2.95 bits per heavy atom. The van der Waals surface area contributed by atoms with Crippen molar-refractivity contribution in [3.05, 3.63) is 35.0 Å².